The lowest BCUT2D eigenvalue weighted by atomic mass is 10.0. The number of rotatable bonds is 4. The maximum Gasteiger partial charge on any atom is 0.401 e. The van der Waals surface area contributed by atoms with E-state index < -0.39 is 12.7 Å². The van der Waals surface area contributed by atoms with Gasteiger partial charge < -0.3 is 5.32 Å². The van der Waals surface area contributed by atoms with Crippen LogP contribution in [0.1, 0.15) is 23.2 Å². The summed E-state index contributed by atoms with van der Waals surface area (Å²) in [5, 5.41) is 2.85. The number of hydrogen-bond donors (Lipinski definition) is 1. The summed E-state index contributed by atoms with van der Waals surface area (Å²) in [7, 11) is 0. The molecule has 3 rings (SSSR count). The molecule has 1 aliphatic heterocycles. The van der Waals surface area contributed by atoms with E-state index in [4.69, 9.17) is 0 Å². The number of carbonyl (C=O) groups excluding carboxylic acids is 1. The molecule has 1 N–H and O–H groups in total. The molecule has 0 spiro atoms. The summed E-state index contributed by atoms with van der Waals surface area (Å²) in [6, 6.07) is 9.02. The Morgan fingerprint density at radius 3 is 2.33 bits per heavy atom. The van der Waals surface area contributed by atoms with Crippen LogP contribution in [-0.2, 0) is 0 Å². The van der Waals surface area contributed by atoms with E-state index in [1.165, 1.54) is 23.2 Å². The zero-order valence-corrected chi connectivity index (χ0v) is 14.5. The number of nitrogens with zero attached hydrogens (tertiary/aromatic N) is 2. The standard InChI is InChI=1S/C19H19F4N3O/c20-15-4-1-13(2-5-15)17-6-3-14(11-24-17)18(27)25-16-7-9-26(10-8-16)12-19(21,22)23/h1-6,11,16H,7-10,12H2,(H,25,27). The first kappa shape index (κ1) is 19.3. The highest BCUT2D eigenvalue weighted by Crippen LogP contribution is 2.20. The van der Waals surface area contributed by atoms with E-state index in [2.05, 4.69) is 10.3 Å². The van der Waals surface area contributed by atoms with E-state index in [9.17, 15) is 22.4 Å². The lowest BCUT2D eigenvalue weighted by molar-refractivity contribution is -0.148. The van der Waals surface area contributed by atoms with Crippen molar-refractivity contribution in [3.8, 4) is 11.3 Å². The lowest BCUT2D eigenvalue weighted by Crippen LogP contribution is -2.47. The number of nitrogens with one attached hydrogen (secondary N) is 1. The molecule has 2 heterocycles. The summed E-state index contributed by atoms with van der Waals surface area (Å²) in [5.41, 5.74) is 1.73. The largest absolute Gasteiger partial charge is 0.401 e. The highest BCUT2D eigenvalue weighted by Gasteiger charge is 2.32. The number of alkyl halides is 3. The second-order valence-corrected chi connectivity index (χ2v) is 6.58. The van der Waals surface area contributed by atoms with Crippen LogP contribution in [0.25, 0.3) is 11.3 Å². The van der Waals surface area contributed by atoms with Crippen LogP contribution in [0.5, 0.6) is 0 Å². The predicted molar refractivity (Wildman–Crippen MR) is 92.6 cm³/mol. The summed E-state index contributed by atoms with van der Waals surface area (Å²) < 4.78 is 50.2. The quantitative estimate of drug-likeness (QED) is 0.823. The van der Waals surface area contributed by atoms with Gasteiger partial charge in [0, 0.05) is 30.9 Å². The molecule has 1 aromatic carbocycles. The first-order valence-corrected chi connectivity index (χ1v) is 8.62. The number of pyridine rings is 1. The highest BCUT2D eigenvalue weighted by atomic mass is 19.4. The molecule has 8 heteroatoms. The van der Waals surface area contributed by atoms with Crippen LogP contribution in [0.15, 0.2) is 42.6 Å². The molecule has 0 unspecified atom stereocenters. The highest BCUT2D eigenvalue weighted by molar-refractivity contribution is 5.94. The fourth-order valence-electron chi connectivity index (χ4n) is 3.08. The van der Waals surface area contributed by atoms with Crippen LogP contribution in [0.3, 0.4) is 0 Å². The molecular formula is C19H19F4N3O. The Hall–Kier alpha value is -2.48. The number of piperidine rings is 1. The average Bonchev–Trinajstić information content (AvgIpc) is 2.63. The Balaban J connectivity index is 1.54. The fraction of sp³-hybridized carbons (Fsp3) is 0.368. The van der Waals surface area contributed by atoms with Crippen molar-refractivity contribution in [2.75, 3.05) is 19.6 Å². The molecule has 1 aliphatic rings. The van der Waals surface area contributed by atoms with Gasteiger partial charge in [-0.3, -0.25) is 14.7 Å². The van der Waals surface area contributed by atoms with Crippen molar-refractivity contribution >= 4 is 5.91 Å². The minimum absolute atomic E-state index is 0.154. The van der Waals surface area contributed by atoms with E-state index in [-0.39, 0.29) is 17.8 Å². The van der Waals surface area contributed by atoms with Crippen molar-refractivity contribution < 1.29 is 22.4 Å². The molecule has 144 valence electrons. The molecule has 0 radical (unpaired) electrons. The molecule has 27 heavy (non-hydrogen) atoms. The third-order valence-corrected chi connectivity index (χ3v) is 4.49. The van der Waals surface area contributed by atoms with Crippen LogP contribution < -0.4 is 5.32 Å². The van der Waals surface area contributed by atoms with Gasteiger partial charge in [0.05, 0.1) is 17.8 Å². The molecule has 1 saturated heterocycles. The Kier molecular flexibility index (Phi) is 5.74. The summed E-state index contributed by atoms with van der Waals surface area (Å²) in [6.07, 6.45) is -1.81. The normalized spacial score (nSPS) is 16.3. The maximum atomic E-state index is 13.0. The molecule has 4 nitrogen and oxygen atoms in total. The summed E-state index contributed by atoms with van der Waals surface area (Å²) >= 11 is 0. The van der Waals surface area contributed by atoms with Gasteiger partial charge in [0.2, 0.25) is 0 Å². The second kappa shape index (κ2) is 8.04. The van der Waals surface area contributed by atoms with Crippen molar-refractivity contribution in [2.45, 2.75) is 25.1 Å². The number of aromatic nitrogens is 1. The number of benzene rings is 1. The van der Waals surface area contributed by atoms with Crippen LogP contribution in [0, 0.1) is 5.82 Å². The number of halogens is 4. The second-order valence-electron chi connectivity index (χ2n) is 6.58. The van der Waals surface area contributed by atoms with E-state index in [1.807, 2.05) is 0 Å². The van der Waals surface area contributed by atoms with Crippen molar-refractivity contribution in [1.82, 2.24) is 15.2 Å². The molecule has 1 aromatic heterocycles. The van der Waals surface area contributed by atoms with Gasteiger partial charge in [0.25, 0.3) is 5.91 Å². The third kappa shape index (κ3) is 5.50. The van der Waals surface area contributed by atoms with Gasteiger partial charge in [-0.05, 0) is 49.2 Å². The number of amides is 1. The lowest BCUT2D eigenvalue weighted by Gasteiger charge is -2.32. The molecule has 0 atom stereocenters. The molecule has 0 saturated carbocycles. The number of carbonyl (C=O) groups is 1. The van der Waals surface area contributed by atoms with E-state index in [1.54, 1.807) is 24.3 Å². The zero-order chi connectivity index (χ0) is 19.4. The third-order valence-electron chi connectivity index (χ3n) is 4.49. The van der Waals surface area contributed by atoms with Crippen LogP contribution in [-0.4, -0.2) is 47.6 Å². The Morgan fingerprint density at radius 2 is 1.78 bits per heavy atom. The molecule has 1 fully saturated rings. The van der Waals surface area contributed by atoms with Gasteiger partial charge in [-0.25, -0.2) is 4.39 Å². The molecule has 0 bridgehead atoms. The zero-order valence-electron chi connectivity index (χ0n) is 14.5. The van der Waals surface area contributed by atoms with Gasteiger partial charge in [-0.1, -0.05) is 0 Å². The van der Waals surface area contributed by atoms with Gasteiger partial charge in [0.1, 0.15) is 5.82 Å². The SMILES string of the molecule is O=C(NC1CCN(CC(F)(F)F)CC1)c1ccc(-c2ccc(F)cc2)nc1. The Labute approximate surface area is 154 Å². The first-order valence-electron chi connectivity index (χ1n) is 8.62. The molecule has 2 aromatic rings. The van der Waals surface area contributed by atoms with Crippen molar-refractivity contribution in [3.05, 3.63) is 54.0 Å². The number of likely N-dealkylation sites (tertiary alicyclic amines) is 1. The maximum absolute atomic E-state index is 13.0. The van der Waals surface area contributed by atoms with Gasteiger partial charge >= 0.3 is 6.18 Å². The number of hydrogen-bond acceptors (Lipinski definition) is 3. The van der Waals surface area contributed by atoms with Crippen LogP contribution in [0.4, 0.5) is 17.6 Å². The van der Waals surface area contributed by atoms with Crippen molar-refractivity contribution in [1.29, 1.82) is 0 Å². The monoisotopic (exact) mass is 381 g/mol. The average molecular weight is 381 g/mol. The van der Waals surface area contributed by atoms with Gasteiger partial charge in [0.15, 0.2) is 0 Å². The molecular weight excluding hydrogens is 362 g/mol. The molecule has 1 amide bonds. The predicted octanol–water partition coefficient (Wildman–Crippen LogP) is 3.64. The van der Waals surface area contributed by atoms with Crippen molar-refractivity contribution in [2.24, 2.45) is 0 Å². The van der Waals surface area contributed by atoms with E-state index in [0.717, 1.165) is 5.56 Å². The van der Waals surface area contributed by atoms with E-state index in [0.29, 0.717) is 37.2 Å². The van der Waals surface area contributed by atoms with Crippen molar-refractivity contribution in [3.63, 3.8) is 0 Å². The summed E-state index contributed by atoms with van der Waals surface area (Å²) in [4.78, 5) is 17.9. The Bertz CT molecular complexity index is 767. The van der Waals surface area contributed by atoms with Gasteiger partial charge in [-0.15, -0.1) is 0 Å². The fourth-order valence-corrected chi connectivity index (χ4v) is 3.08. The minimum atomic E-state index is -4.20. The minimum Gasteiger partial charge on any atom is -0.349 e. The summed E-state index contributed by atoms with van der Waals surface area (Å²) in [5.74, 6) is -0.640. The Morgan fingerprint density at radius 1 is 1.11 bits per heavy atom. The van der Waals surface area contributed by atoms with Gasteiger partial charge in [-0.2, -0.15) is 13.2 Å². The smallest absolute Gasteiger partial charge is 0.349 e. The molecule has 0 aliphatic carbocycles. The first-order chi connectivity index (χ1) is 12.8. The van der Waals surface area contributed by atoms with Crippen LogP contribution in [0.2, 0.25) is 0 Å². The summed E-state index contributed by atoms with van der Waals surface area (Å²) in [6.45, 7) is -0.319. The van der Waals surface area contributed by atoms with Crippen LogP contribution >= 0.6 is 0 Å². The topological polar surface area (TPSA) is 45.2 Å². The van der Waals surface area contributed by atoms with E-state index >= 15 is 0 Å².